The van der Waals surface area contributed by atoms with Gasteiger partial charge >= 0.3 is 0 Å². The Balaban J connectivity index is 0.000000129. The first-order valence-corrected chi connectivity index (χ1v) is 15.8. The third-order valence-electron chi connectivity index (χ3n) is 6.50. The molecule has 0 aliphatic carbocycles. The summed E-state index contributed by atoms with van der Waals surface area (Å²) in [6.07, 6.45) is 24.3. The van der Waals surface area contributed by atoms with Gasteiger partial charge in [0.25, 0.3) is 0 Å². The molecule has 0 bridgehead atoms. The first-order valence-electron chi connectivity index (χ1n) is 15.8. The number of benzene rings is 1. The first kappa shape index (κ1) is 35.3. The van der Waals surface area contributed by atoms with Crippen molar-refractivity contribution in [3.8, 4) is 0 Å². The maximum absolute atomic E-state index is 5.01. The summed E-state index contributed by atoms with van der Waals surface area (Å²) < 4.78 is 5.01. The van der Waals surface area contributed by atoms with Crippen molar-refractivity contribution in [3.05, 3.63) is 130 Å². The van der Waals surface area contributed by atoms with E-state index in [2.05, 4.69) is 79.7 Å². The van der Waals surface area contributed by atoms with Crippen molar-refractivity contribution in [3.63, 3.8) is 0 Å². The molecule has 3 aromatic heterocycles. The molecule has 0 spiro atoms. The van der Waals surface area contributed by atoms with Gasteiger partial charge in [0.05, 0.1) is 51.3 Å². The van der Waals surface area contributed by atoms with Gasteiger partial charge in [-0.15, -0.1) is 0 Å². The molecule has 0 saturated carbocycles. The number of fused-ring (bicyclic) bond motifs is 3. The molecule has 1 saturated heterocycles. The van der Waals surface area contributed by atoms with Gasteiger partial charge in [-0.25, -0.2) is 15.0 Å². The molecule has 0 unspecified atom stereocenters. The standard InChI is InChI=1S/C8H7N.2C7H6N2.C4H9NO.2C4H5N.C2H3N3/c1-2-4-8-7(3-1)5-6-9-8;2*1-2-6-3-5-9-7(6)8-4-1;1-3-6-4-2-5-1;2*1-2-4-5-3-1;1-3-2-5-4-1/h1-5H,6H2;2*1-4H,5H2;5H,1-4H2;2*1-3H,4H2;1-2H,(H,3,4,5). The molecule has 12 nitrogen and oxygen atoms in total. The zero-order valence-corrected chi connectivity index (χ0v) is 26.9. The van der Waals surface area contributed by atoms with E-state index in [9.17, 15) is 0 Å². The average Bonchev–Trinajstić information content (AvgIpc) is 4.03. The number of aromatic amines is 1. The zero-order valence-electron chi connectivity index (χ0n) is 26.9. The van der Waals surface area contributed by atoms with Crippen molar-refractivity contribution in [1.29, 1.82) is 0 Å². The lowest BCUT2D eigenvalue weighted by atomic mass is 10.3. The second kappa shape index (κ2) is 22.8. The topological polar surface area (TPSA) is 150 Å². The molecule has 2 N–H and O–H groups in total. The van der Waals surface area contributed by atoms with Crippen LogP contribution >= 0.6 is 0 Å². The summed E-state index contributed by atoms with van der Waals surface area (Å²) in [5, 5.41) is 13.9. The Morgan fingerprint density at radius 3 is 1.58 bits per heavy atom. The monoisotopic (exact) mass is 643 g/mol. The van der Waals surface area contributed by atoms with Crippen LogP contribution in [0.4, 0.5) is 0 Å². The molecule has 6 aliphatic heterocycles. The van der Waals surface area contributed by atoms with E-state index in [1.807, 2.05) is 66.8 Å². The predicted octanol–water partition coefficient (Wildman–Crippen LogP) is -0.244. The number of para-hydroxylation sites is 1. The fraction of sp³-hybridized carbons (Fsp3) is 0.250. The minimum Gasteiger partial charge on any atom is -0.379 e. The Labute approximate surface area is 279 Å². The Bertz CT molecular complexity index is 1650. The molecule has 48 heavy (non-hydrogen) atoms. The van der Waals surface area contributed by atoms with Gasteiger partial charge in [0, 0.05) is 48.3 Å². The SMILES string of the molecule is C1=CCN=C1.C1=CCN=C1.C1=c2ccccc2=NC1.C1=c2cccnc2=NC1.C1=c2cccnc2=NC1.C1COCCN1.c1nc[nH]n1. The molecule has 1 aromatic carbocycles. The first-order chi connectivity index (χ1) is 23.9. The summed E-state index contributed by atoms with van der Waals surface area (Å²) in [5.41, 5.74) is 1.77. The number of aromatic nitrogens is 5. The minimum atomic E-state index is 0.798. The molecule has 9 heterocycles. The van der Waals surface area contributed by atoms with Crippen molar-refractivity contribution < 1.29 is 4.74 Å². The number of nitrogens with zero attached hydrogens (tertiary/aromatic N) is 9. The number of pyridine rings is 2. The van der Waals surface area contributed by atoms with Crippen LogP contribution in [-0.2, 0) is 4.74 Å². The van der Waals surface area contributed by atoms with E-state index < -0.39 is 0 Å². The third kappa shape index (κ3) is 14.2. The molecule has 0 amide bonds. The fourth-order valence-electron chi connectivity index (χ4n) is 4.20. The zero-order chi connectivity index (χ0) is 33.2. The molecule has 0 radical (unpaired) electrons. The number of morpholine rings is 1. The quantitative estimate of drug-likeness (QED) is 0.270. The van der Waals surface area contributed by atoms with Crippen LogP contribution in [0.15, 0.2) is 123 Å². The lowest BCUT2D eigenvalue weighted by Crippen LogP contribution is -2.30. The van der Waals surface area contributed by atoms with Crippen LogP contribution in [-0.4, -0.2) is 96.6 Å². The lowest BCUT2D eigenvalue weighted by molar-refractivity contribution is 0.109. The van der Waals surface area contributed by atoms with E-state index >= 15 is 0 Å². The molecule has 12 heteroatoms. The fourth-order valence-corrected chi connectivity index (χ4v) is 4.20. The number of H-pyrrole nitrogens is 1. The highest BCUT2D eigenvalue weighted by atomic mass is 16.5. The van der Waals surface area contributed by atoms with Crippen LogP contribution in [0.5, 0.6) is 0 Å². The van der Waals surface area contributed by atoms with E-state index in [-0.39, 0.29) is 0 Å². The Morgan fingerprint density at radius 1 is 0.604 bits per heavy atom. The van der Waals surface area contributed by atoms with Crippen molar-refractivity contribution >= 4 is 30.7 Å². The molecular formula is C36H41N11O. The number of hydrogen-bond acceptors (Lipinski definition) is 11. The second-order valence-electron chi connectivity index (χ2n) is 9.92. The largest absolute Gasteiger partial charge is 0.379 e. The number of hydrogen-bond donors (Lipinski definition) is 2. The molecule has 6 aliphatic rings. The van der Waals surface area contributed by atoms with Crippen LogP contribution in [0.2, 0.25) is 0 Å². The van der Waals surface area contributed by atoms with Gasteiger partial charge in [-0.05, 0) is 47.7 Å². The van der Waals surface area contributed by atoms with Crippen molar-refractivity contribution in [1.82, 2.24) is 30.5 Å². The summed E-state index contributed by atoms with van der Waals surface area (Å²) in [6.45, 7) is 8.07. The van der Waals surface area contributed by atoms with Gasteiger partial charge in [0.15, 0.2) is 11.0 Å². The molecule has 246 valence electrons. The van der Waals surface area contributed by atoms with Gasteiger partial charge in [0.1, 0.15) is 12.7 Å². The third-order valence-corrected chi connectivity index (χ3v) is 6.50. The summed E-state index contributed by atoms with van der Waals surface area (Å²) in [6, 6.07) is 16.1. The highest BCUT2D eigenvalue weighted by molar-refractivity contribution is 5.73. The molecule has 10 rings (SSSR count). The van der Waals surface area contributed by atoms with E-state index in [0.29, 0.717) is 0 Å². The number of ether oxygens (including phenoxy) is 1. The number of allylic oxidation sites excluding steroid dienone is 2. The van der Waals surface area contributed by atoms with E-state index in [4.69, 9.17) is 4.74 Å². The predicted molar refractivity (Wildman–Crippen MR) is 190 cm³/mol. The van der Waals surface area contributed by atoms with E-state index in [0.717, 1.165) is 85.8 Å². The maximum Gasteiger partial charge on any atom is 0.154 e. The summed E-state index contributed by atoms with van der Waals surface area (Å²) in [7, 11) is 0. The van der Waals surface area contributed by atoms with Crippen LogP contribution in [0, 0.1) is 0 Å². The smallest absolute Gasteiger partial charge is 0.154 e. The van der Waals surface area contributed by atoms with Gasteiger partial charge in [0.2, 0.25) is 0 Å². The Kier molecular flexibility index (Phi) is 16.8. The highest BCUT2D eigenvalue weighted by Crippen LogP contribution is 1.81. The number of nitrogens with one attached hydrogen (secondary N) is 2. The van der Waals surface area contributed by atoms with Gasteiger partial charge < -0.3 is 10.1 Å². The molecule has 4 aromatic rings. The Morgan fingerprint density at radius 2 is 1.19 bits per heavy atom. The molecular weight excluding hydrogens is 602 g/mol. The summed E-state index contributed by atoms with van der Waals surface area (Å²) in [5.74, 6) is 0. The number of aliphatic imine (C=N–C) groups is 2. The second-order valence-corrected chi connectivity index (χ2v) is 9.92. The lowest BCUT2D eigenvalue weighted by Gasteiger charge is -2.10. The summed E-state index contributed by atoms with van der Waals surface area (Å²) >= 11 is 0. The van der Waals surface area contributed by atoms with E-state index in [1.54, 1.807) is 24.8 Å². The number of rotatable bonds is 0. The van der Waals surface area contributed by atoms with Gasteiger partial charge in [-0.3, -0.25) is 30.1 Å². The van der Waals surface area contributed by atoms with Gasteiger partial charge in [-0.2, -0.15) is 5.10 Å². The van der Waals surface area contributed by atoms with Crippen molar-refractivity contribution in [2.45, 2.75) is 0 Å². The maximum atomic E-state index is 5.01. The molecule has 1 fully saturated rings. The van der Waals surface area contributed by atoms with Crippen LogP contribution in [0.25, 0.3) is 18.2 Å². The van der Waals surface area contributed by atoms with Crippen molar-refractivity contribution in [2.24, 2.45) is 25.0 Å². The normalized spacial score (nSPS) is 15.2. The molecule has 0 atom stereocenters. The van der Waals surface area contributed by atoms with Gasteiger partial charge in [-0.1, -0.05) is 48.6 Å². The van der Waals surface area contributed by atoms with Crippen LogP contribution in [0.1, 0.15) is 0 Å². The van der Waals surface area contributed by atoms with E-state index in [1.165, 1.54) is 17.9 Å². The Hall–Kier alpha value is -5.59. The van der Waals surface area contributed by atoms with Crippen molar-refractivity contribution in [2.75, 3.05) is 59.0 Å². The highest BCUT2D eigenvalue weighted by Gasteiger charge is 1.93. The van der Waals surface area contributed by atoms with Crippen LogP contribution < -0.4 is 37.3 Å². The summed E-state index contributed by atoms with van der Waals surface area (Å²) in [4.78, 5) is 31.9. The average molecular weight is 644 g/mol. The minimum absolute atomic E-state index is 0.798. The van der Waals surface area contributed by atoms with Crippen LogP contribution in [0.3, 0.4) is 0 Å².